The van der Waals surface area contributed by atoms with E-state index in [4.69, 9.17) is 10.5 Å². The van der Waals surface area contributed by atoms with Gasteiger partial charge in [0.25, 0.3) is 0 Å². The number of Topliss-reactive ketones (excluding diaryl/α,β-unsaturated/α-hetero) is 1. The average Bonchev–Trinajstić information content (AvgIpc) is 2.23. The molecule has 0 bridgehead atoms. The molecule has 0 heterocycles. The third-order valence-electron chi connectivity index (χ3n) is 1.84. The summed E-state index contributed by atoms with van der Waals surface area (Å²) < 4.78 is 5.60. The van der Waals surface area contributed by atoms with E-state index in [1.165, 1.54) is 12.1 Å². The molecule has 15 heavy (non-hydrogen) atoms. The molecular formula is C10H12BrNO3. The molecule has 4 nitrogen and oxygen atoms in total. The van der Waals surface area contributed by atoms with Gasteiger partial charge in [-0.2, -0.15) is 0 Å². The van der Waals surface area contributed by atoms with Crippen LogP contribution in [0.3, 0.4) is 0 Å². The van der Waals surface area contributed by atoms with Gasteiger partial charge in [0, 0.05) is 5.56 Å². The molecule has 0 aliphatic rings. The summed E-state index contributed by atoms with van der Waals surface area (Å²) >= 11 is 3.14. The Morgan fingerprint density at radius 1 is 1.60 bits per heavy atom. The Hall–Kier alpha value is -1.07. The van der Waals surface area contributed by atoms with Gasteiger partial charge in [-0.15, -0.1) is 0 Å². The first kappa shape index (κ1) is 12.0. The van der Waals surface area contributed by atoms with Gasteiger partial charge >= 0.3 is 0 Å². The average molecular weight is 274 g/mol. The number of ether oxygens (including phenoxy) is 1. The highest BCUT2D eigenvalue weighted by molar-refractivity contribution is 9.10. The van der Waals surface area contributed by atoms with E-state index in [0.717, 1.165) is 0 Å². The van der Waals surface area contributed by atoms with E-state index in [1.54, 1.807) is 6.92 Å². The van der Waals surface area contributed by atoms with Gasteiger partial charge in [0.1, 0.15) is 0 Å². The maximum atomic E-state index is 11.4. The van der Waals surface area contributed by atoms with Gasteiger partial charge < -0.3 is 15.6 Å². The minimum absolute atomic E-state index is 0.00887. The first-order valence-electron chi connectivity index (χ1n) is 4.48. The van der Waals surface area contributed by atoms with Gasteiger partial charge in [-0.3, -0.25) is 4.79 Å². The Labute approximate surface area is 96.2 Å². The Morgan fingerprint density at radius 2 is 2.27 bits per heavy atom. The Kier molecular flexibility index (Phi) is 4.11. The molecule has 0 atom stereocenters. The molecule has 0 saturated carbocycles. The molecule has 82 valence electrons. The number of phenolic OH excluding ortho intramolecular Hbond substituents is 1. The second kappa shape index (κ2) is 5.14. The predicted molar refractivity (Wildman–Crippen MR) is 60.4 cm³/mol. The first-order chi connectivity index (χ1) is 7.10. The molecule has 0 aromatic heterocycles. The number of aromatic hydroxyl groups is 1. The van der Waals surface area contributed by atoms with Gasteiger partial charge in [0.05, 0.1) is 17.6 Å². The molecule has 0 saturated heterocycles. The number of nitrogens with two attached hydrogens (primary N) is 1. The van der Waals surface area contributed by atoms with Crippen LogP contribution in [0, 0.1) is 0 Å². The number of hydrogen-bond acceptors (Lipinski definition) is 4. The second-order valence-corrected chi connectivity index (χ2v) is 3.72. The van der Waals surface area contributed by atoms with Crippen LogP contribution in [0.15, 0.2) is 16.6 Å². The summed E-state index contributed by atoms with van der Waals surface area (Å²) in [6.07, 6.45) is 0. The maximum Gasteiger partial charge on any atom is 0.176 e. The molecule has 0 amide bonds. The van der Waals surface area contributed by atoms with E-state index < -0.39 is 0 Å². The van der Waals surface area contributed by atoms with Crippen LogP contribution in [0.5, 0.6) is 11.5 Å². The number of hydrogen-bond donors (Lipinski definition) is 2. The van der Waals surface area contributed by atoms with Crippen molar-refractivity contribution in [2.24, 2.45) is 5.73 Å². The monoisotopic (exact) mass is 273 g/mol. The van der Waals surface area contributed by atoms with Crippen molar-refractivity contribution in [2.75, 3.05) is 13.2 Å². The van der Waals surface area contributed by atoms with Crippen LogP contribution in [0.4, 0.5) is 0 Å². The van der Waals surface area contributed by atoms with Crippen molar-refractivity contribution >= 4 is 21.7 Å². The molecule has 0 radical (unpaired) electrons. The van der Waals surface area contributed by atoms with Gasteiger partial charge in [-0.25, -0.2) is 0 Å². The molecule has 0 fully saturated rings. The molecule has 1 aromatic carbocycles. The number of carbonyl (C=O) groups excluding carboxylic acids is 1. The molecule has 0 aliphatic carbocycles. The van der Waals surface area contributed by atoms with Crippen LogP contribution in [0.2, 0.25) is 0 Å². The lowest BCUT2D eigenvalue weighted by Gasteiger charge is -2.09. The molecule has 5 heteroatoms. The van der Waals surface area contributed by atoms with E-state index in [1.807, 2.05) is 0 Å². The highest BCUT2D eigenvalue weighted by Gasteiger charge is 2.12. The molecular weight excluding hydrogens is 262 g/mol. The minimum Gasteiger partial charge on any atom is -0.503 e. The first-order valence-corrected chi connectivity index (χ1v) is 5.28. The zero-order valence-corrected chi connectivity index (χ0v) is 9.87. The molecule has 0 unspecified atom stereocenters. The molecule has 1 aromatic rings. The fourth-order valence-corrected chi connectivity index (χ4v) is 1.56. The van der Waals surface area contributed by atoms with Gasteiger partial charge in [-0.1, -0.05) is 0 Å². The van der Waals surface area contributed by atoms with Crippen molar-refractivity contribution in [3.63, 3.8) is 0 Å². The summed E-state index contributed by atoms with van der Waals surface area (Å²) in [6.45, 7) is 2.15. The van der Waals surface area contributed by atoms with Crippen LogP contribution in [-0.4, -0.2) is 24.0 Å². The number of halogens is 1. The van der Waals surface area contributed by atoms with E-state index in [-0.39, 0.29) is 23.8 Å². The maximum absolute atomic E-state index is 11.4. The standard InChI is InChI=1S/C10H12BrNO3/c1-2-15-9-4-6(8(13)5-12)3-7(11)10(9)14/h3-4,14H,2,5,12H2,1H3. The van der Waals surface area contributed by atoms with Crippen molar-refractivity contribution in [2.45, 2.75) is 6.92 Å². The van der Waals surface area contributed by atoms with Gasteiger partial charge in [0.2, 0.25) is 0 Å². The quantitative estimate of drug-likeness (QED) is 0.819. The van der Waals surface area contributed by atoms with E-state index in [2.05, 4.69) is 15.9 Å². The minimum atomic E-state index is -0.198. The number of carbonyl (C=O) groups is 1. The highest BCUT2D eigenvalue weighted by atomic mass is 79.9. The van der Waals surface area contributed by atoms with Crippen LogP contribution >= 0.6 is 15.9 Å². The highest BCUT2D eigenvalue weighted by Crippen LogP contribution is 2.35. The van der Waals surface area contributed by atoms with Crippen molar-refractivity contribution in [1.82, 2.24) is 0 Å². The third kappa shape index (κ3) is 2.70. The summed E-state index contributed by atoms with van der Waals surface area (Å²) in [6, 6.07) is 3.01. The van der Waals surface area contributed by atoms with Gasteiger partial charge in [0.15, 0.2) is 17.3 Å². The summed E-state index contributed by atoms with van der Waals surface area (Å²) in [5, 5.41) is 9.59. The fourth-order valence-electron chi connectivity index (χ4n) is 1.12. The fraction of sp³-hybridized carbons (Fsp3) is 0.300. The number of rotatable bonds is 4. The lowest BCUT2D eigenvalue weighted by molar-refractivity contribution is 0.100. The number of ketones is 1. The Bertz CT molecular complexity index is 379. The smallest absolute Gasteiger partial charge is 0.176 e. The molecule has 0 aliphatic heterocycles. The summed E-state index contributed by atoms with van der Waals surface area (Å²) in [5.74, 6) is 0.0748. The zero-order chi connectivity index (χ0) is 11.4. The second-order valence-electron chi connectivity index (χ2n) is 2.87. The van der Waals surface area contributed by atoms with Crippen LogP contribution in [0.1, 0.15) is 17.3 Å². The van der Waals surface area contributed by atoms with Crippen LogP contribution in [-0.2, 0) is 0 Å². The SMILES string of the molecule is CCOc1cc(C(=O)CN)cc(Br)c1O. The van der Waals surface area contributed by atoms with Crippen LogP contribution in [0.25, 0.3) is 0 Å². The normalized spacial score (nSPS) is 10.1. The number of phenols is 1. The number of benzene rings is 1. The molecule has 0 spiro atoms. The lowest BCUT2D eigenvalue weighted by atomic mass is 10.1. The summed E-state index contributed by atoms with van der Waals surface area (Å²) in [5.41, 5.74) is 5.67. The summed E-state index contributed by atoms with van der Waals surface area (Å²) in [7, 11) is 0. The van der Waals surface area contributed by atoms with E-state index in [9.17, 15) is 9.90 Å². The van der Waals surface area contributed by atoms with Crippen molar-refractivity contribution in [1.29, 1.82) is 0 Å². The largest absolute Gasteiger partial charge is 0.503 e. The summed E-state index contributed by atoms with van der Waals surface area (Å²) in [4.78, 5) is 11.4. The molecule has 1 rings (SSSR count). The predicted octanol–water partition coefficient (Wildman–Crippen LogP) is 1.69. The third-order valence-corrected chi connectivity index (χ3v) is 2.44. The van der Waals surface area contributed by atoms with Crippen molar-refractivity contribution < 1.29 is 14.6 Å². The van der Waals surface area contributed by atoms with Crippen molar-refractivity contribution in [3.05, 3.63) is 22.2 Å². The zero-order valence-electron chi connectivity index (χ0n) is 8.29. The van der Waals surface area contributed by atoms with Gasteiger partial charge in [-0.05, 0) is 35.0 Å². The van der Waals surface area contributed by atoms with E-state index >= 15 is 0 Å². The van der Waals surface area contributed by atoms with Crippen molar-refractivity contribution in [3.8, 4) is 11.5 Å². The van der Waals surface area contributed by atoms with E-state index in [0.29, 0.717) is 16.6 Å². The Balaban J connectivity index is 3.16. The lowest BCUT2D eigenvalue weighted by Crippen LogP contribution is -2.13. The Morgan fingerprint density at radius 3 is 2.80 bits per heavy atom. The topological polar surface area (TPSA) is 72.5 Å². The molecule has 3 N–H and O–H groups in total. The van der Waals surface area contributed by atoms with Crippen LogP contribution < -0.4 is 10.5 Å².